The molecule has 1 amide bonds. The fourth-order valence-corrected chi connectivity index (χ4v) is 2.22. The largest absolute Gasteiger partial charge is 0.373 e. The topological polar surface area (TPSA) is 32.3 Å². The second-order valence-electron chi connectivity index (χ2n) is 4.81. The first-order chi connectivity index (χ1) is 9.38. The average molecular weight is 284 g/mol. The van der Waals surface area contributed by atoms with Crippen LogP contribution in [0, 0.1) is 11.6 Å². The van der Waals surface area contributed by atoms with Crippen molar-refractivity contribution in [1.29, 1.82) is 0 Å². The number of rotatable bonds is 5. The molecule has 1 aromatic rings. The third kappa shape index (κ3) is 2.92. The number of carbonyl (C=O) groups excluding carboxylic acids is 1. The Labute approximate surface area is 119 Å². The Morgan fingerprint density at radius 3 is 1.80 bits per heavy atom. The van der Waals surface area contributed by atoms with E-state index in [2.05, 4.69) is 5.32 Å². The van der Waals surface area contributed by atoms with Crippen LogP contribution in [0.3, 0.4) is 0 Å². The predicted octanol–water partition coefficient (Wildman–Crippen LogP) is 3.50. The fourth-order valence-electron chi connectivity index (χ4n) is 2.22. The Bertz CT molecular complexity index is 482. The number of hydrogen-bond donors (Lipinski definition) is 1. The maximum absolute atomic E-state index is 14.5. The van der Waals surface area contributed by atoms with E-state index >= 15 is 0 Å². The van der Waals surface area contributed by atoms with Crippen LogP contribution in [0.25, 0.3) is 0 Å². The monoisotopic (exact) mass is 284 g/mol. The van der Waals surface area contributed by atoms with E-state index in [4.69, 9.17) is 0 Å². The van der Waals surface area contributed by atoms with Gasteiger partial charge in [0, 0.05) is 31.6 Å². The van der Waals surface area contributed by atoms with Crippen LogP contribution in [0.4, 0.5) is 20.2 Å². The van der Waals surface area contributed by atoms with E-state index in [0.29, 0.717) is 29.7 Å². The molecule has 0 saturated heterocycles. The summed E-state index contributed by atoms with van der Waals surface area (Å²) in [6.07, 6.45) is 1.05. The minimum absolute atomic E-state index is 0.0480. The second-order valence-corrected chi connectivity index (χ2v) is 4.81. The van der Waals surface area contributed by atoms with Gasteiger partial charge in [0.15, 0.2) is 11.6 Å². The predicted molar refractivity (Wildman–Crippen MR) is 78.4 cm³/mol. The number of hydrogen-bond acceptors (Lipinski definition) is 2. The van der Waals surface area contributed by atoms with Crippen molar-refractivity contribution in [2.24, 2.45) is 0 Å². The van der Waals surface area contributed by atoms with Crippen molar-refractivity contribution >= 4 is 17.3 Å². The van der Waals surface area contributed by atoms with Gasteiger partial charge in [-0.3, -0.25) is 4.79 Å². The zero-order valence-electron chi connectivity index (χ0n) is 12.7. The Morgan fingerprint density at radius 2 is 1.50 bits per heavy atom. The molecule has 0 aliphatic rings. The molecule has 20 heavy (non-hydrogen) atoms. The highest BCUT2D eigenvalue weighted by molar-refractivity contribution is 5.93. The summed E-state index contributed by atoms with van der Waals surface area (Å²) >= 11 is 0. The number of amides is 1. The van der Waals surface area contributed by atoms with Crippen LogP contribution in [-0.2, 0) is 17.6 Å². The zero-order chi connectivity index (χ0) is 15.4. The van der Waals surface area contributed by atoms with Crippen LogP contribution in [-0.4, -0.2) is 20.0 Å². The Hall–Kier alpha value is -1.65. The van der Waals surface area contributed by atoms with Gasteiger partial charge >= 0.3 is 0 Å². The van der Waals surface area contributed by atoms with Crippen molar-refractivity contribution < 1.29 is 13.6 Å². The van der Waals surface area contributed by atoms with Crippen LogP contribution in [0.15, 0.2) is 0 Å². The van der Waals surface area contributed by atoms with Crippen LogP contribution in [0.2, 0.25) is 0 Å². The Kier molecular flexibility index (Phi) is 5.48. The highest BCUT2D eigenvalue weighted by Crippen LogP contribution is 2.35. The molecule has 5 heteroatoms. The van der Waals surface area contributed by atoms with Crippen LogP contribution in [0.1, 0.15) is 38.3 Å². The van der Waals surface area contributed by atoms with Crippen molar-refractivity contribution in [3.8, 4) is 0 Å². The third-order valence-electron chi connectivity index (χ3n) is 3.29. The molecule has 0 heterocycles. The molecule has 3 nitrogen and oxygen atoms in total. The molecule has 1 aromatic carbocycles. The van der Waals surface area contributed by atoms with Gasteiger partial charge in [-0.05, 0) is 12.8 Å². The molecule has 0 unspecified atom stereocenters. The molecule has 0 aromatic heterocycles. The molecule has 112 valence electrons. The molecular formula is C15H22F2N2O. The average Bonchev–Trinajstić information content (AvgIpc) is 2.38. The van der Waals surface area contributed by atoms with Gasteiger partial charge in [0.2, 0.25) is 5.91 Å². The van der Waals surface area contributed by atoms with Gasteiger partial charge in [0.25, 0.3) is 0 Å². The zero-order valence-corrected chi connectivity index (χ0v) is 12.7. The number of nitrogens with one attached hydrogen (secondary N) is 1. The number of halogens is 2. The number of carbonyl (C=O) groups is 1. The molecule has 0 spiro atoms. The first-order valence-corrected chi connectivity index (χ1v) is 6.88. The van der Waals surface area contributed by atoms with E-state index in [1.54, 1.807) is 34.9 Å². The summed E-state index contributed by atoms with van der Waals surface area (Å²) in [4.78, 5) is 13.0. The third-order valence-corrected chi connectivity index (χ3v) is 3.29. The van der Waals surface area contributed by atoms with E-state index in [1.165, 1.54) is 4.90 Å². The highest BCUT2D eigenvalue weighted by Gasteiger charge is 2.24. The summed E-state index contributed by atoms with van der Waals surface area (Å²) in [5.74, 6) is -1.44. The number of nitrogens with zero attached hydrogens (tertiary/aromatic N) is 1. The maximum atomic E-state index is 14.5. The lowest BCUT2D eigenvalue weighted by Crippen LogP contribution is -2.20. The van der Waals surface area contributed by atoms with Crippen molar-refractivity contribution in [3.05, 3.63) is 22.8 Å². The lowest BCUT2D eigenvalue weighted by atomic mass is 9.99. The first kappa shape index (κ1) is 16.4. The van der Waals surface area contributed by atoms with Crippen LogP contribution < -0.4 is 10.2 Å². The maximum Gasteiger partial charge on any atom is 0.224 e. The van der Waals surface area contributed by atoms with Gasteiger partial charge in [0.05, 0.1) is 5.69 Å². The first-order valence-electron chi connectivity index (χ1n) is 6.88. The van der Waals surface area contributed by atoms with Gasteiger partial charge in [-0.1, -0.05) is 20.8 Å². The van der Waals surface area contributed by atoms with Gasteiger partial charge in [-0.2, -0.15) is 0 Å². The van der Waals surface area contributed by atoms with Crippen molar-refractivity contribution in [3.63, 3.8) is 0 Å². The lowest BCUT2D eigenvalue weighted by molar-refractivity contribution is -0.115. The van der Waals surface area contributed by atoms with Gasteiger partial charge < -0.3 is 10.2 Å². The molecule has 1 rings (SSSR count). The standard InChI is InChI=1S/C15H22F2N2O/c1-6-9-12(16)15(19(4)5)13(17)10(7-2)14(9)18-11(20)8-3/h6-8H2,1-5H3,(H,18,20). The summed E-state index contributed by atoms with van der Waals surface area (Å²) in [7, 11) is 3.20. The van der Waals surface area contributed by atoms with E-state index < -0.39 is 11.6 Å². The summed E-state index contributed by atoms with van der Waals surface area (Å²) < 4.78 is 29.0. The quantitative estimate of drug-likeness (QED) is 0.897. The van der Waals surface area contributed by atoms with Gasteiger partial charge in [0.1, 0.15) is 5.69 Å². The smallest absolute Gasteiger partial charge is 0.224 e. The minimum Gasteiger partial charge on any atom is -0.373 e. The molecule has 0 saturated carbocycles. The summed E-state index contributed by atoms with van der Waals surface area (Å²) in [5.41, 5.74) is 0.957. The van der Waals surface area contributed by atoms with E-state index in [-0.39, 0.29) is 18.0 Å². The van der Waals surface area contributed by atoms with E-state index in [0.717, 1.165) is 0 Å². The van der Waals surface area contributed by atoms with Crippen LogP contribution >= 0.6 is 0 Å². The number of benzene rings is 1. The molecule has 0 atom stereocenters. The van der Waals surface area contributed by atoms with Crippen molar-refractivity contribution in [2.75, 3.05) is 24.3 Å². The highest BCUT2D eigenvalue weighted by atomic mass is 19.1. The van der Waals surface area contributed by atoms with E-state index in [9.17, 15) is 13.6 Å². The van der Waals surface area contributed by atoms with Crippen molar-refractivity contribution in [1.82, 2.24) is 0 Å². The van der Waals surface area contributed by atoms with Crippen LogP contribution in [0.5, 0.6) is 0 Å². The SMILES string of the molecule is CCC(=O)Nc1c(CC)c(F)c(N(C)C)c(F)c1CC. The molecule has 0 aliphatic carbocycles. The summed E-state index contributed by atoms with van der Waals surface area (Å²) in [6.45, 7) is 5.28. The fraction of sp³-hybridized carbons (Fsp3) is 0.533. The molecule has 0 radical (unpaired) electrons. The molecule has 0 bridgehead atoms. The minimum atomic E-state index is -0.599. The Balaban J connectivity index is 3.60. The number of anilines is 2. The Morgan fingerprint density at radius 1 is 1.05 bits per heavy atom. The molecule has 0 fully saturated rings. The van der Waals surface area contributed by atoms with Gasteiger partial charge in [-0.25, -0.2) is 8.78 Å². The lowest BCUT2D eigenvalue weighted by Gasteiger charge is -2.23. The van der Waals surface area contributed by atoms with Gasteiger partial charge in [-0.15, -0.1) is 0 Å². The molecule has 0 aliphatic heterocycles. The second kappa shape index (κ2) is 6.68. The van der Waals surface area contributed by atoms with E-state index in [1.807, 2.05) is 0 Å². The van der Waals surface area contributed by atoms with Crippen molar-refractivity contribution in [2.45, 2.75) is 40.0 Å². The summed E-state index contributed by atoms with van der Waals surface area (Å²) in [5, 5.41) is 2.64. The normalized spacial score (nSPS) is 10.6. The molecule has 1 N–H and O–H groups in total. The molecular weight excluding hydrogens is 262 g/mol. The summed E-state index contributed by atoms with van der Waals surface area (Å²) in [6, 6.07) is 0.